The Bertz CT molecular complexity index is 1100. The summed E-state index contributed by atoms with van der Waals surface area (Å²) in [6.45, 7) is 9.81. The lowest BCUT2D eigenvalue weighted by molar-refractivity contribution is 0.309. The second-order valence-corrected chi connectivity index (χ2v) is 9.27. The quantitative estimate of drug-likeness (QED) is 0.231. The zero-order chi connectivity index (χ0) is 23.9. The summed E-state index contributed by atoms with van der Waals surface area (Å²) in [4.78, 5) is 0. The van der Waals surface area contributed by atoms with Crippen molar-refractivity contribution in [1.82, 2.24) is 0 Å². The largest absolute Gasteiger partial charge is 0.493 e. The predicted octanol–water partition coefficient (Wildman–Crippen LogP) is 10.2. The van der Waals surface area contributed by atoms with Crippen molar-refractivity contribution >= 4 is 0 Å². The first-order valence-corrected chi connectivity index (χ1v) is 12.6. The van der Waals surface area contributed by atoms with E-state index in [9.17, 15) is 0 Å². The maximum Gasteiger partial charge on any atom is 0.126 e. The van der Waals surface area contributed by atoms with E-state index in [2.05, 4.69) is 131 Å². The van der Waals surface area contributed by atoms with Gasteiger partial charge in [-0.25, -0.2) is 0 Å². The van der Waals surface area contributed by atoms with Gasteiger partial charge < -0.3 is 4.74 Å². The summed E-state index contributed by atoms with van der Waals surface area (Å²) in [5.41, 5.74) is 7.85. The van der Waals surface area contributed by atoms with Crippen molar-refractivity contribution in [3.05, 3.63) is 137 Å². The van der Waals surface area contributed by atoms with Gasteiger partial charge in [0.1, 0.15) is 5.75 Å². The summed E-state index contributed by atoms with van der Waals surface area (Å²) in [5.74, 6) is 1.82. The fourth-order valence-corrected chi connectivity index (χ4v) is 4.74. The molecule has 0 radical (unpaired) electrons. The Hall–Kier alpha value is -3.32. The van der Waals surface area contributed by atoms with Crippen molar-refractivity contribution in [2.75, 3.05) is 6.61 Å². The number of hydrogen-bond acceptors (Lipinski definition) is 1. The Morgan fingerprint density at radius 1 is 0.528 bits per heavy atom. The maximum atomic E-state index is 6.54. The van der Waals surface area contributed by atoms with Gasteiger partial charge in [-0.15, -0.1) is 0 Å². The first-order valence-electron chi connectivity index (χ1n) is 12.6. The number of hydrogen-bond donors (Lipinski definition) is 0. The number of rotatable bonds is 9. The van der Waals surface area contributed by atoms with E-state index in [0.29, 0.717) is 5.92 Å². The third kappa shape index (κ3) is 6.46. The third-order valence-electron chi connectivity index (χ3n) is 6.95. The summed E-state index contributed by atoms with van der Waals surface area (Å²) >= 11 is 0. The average Bonchev–Trinajstić information content (AvgIpc) is 2.91. The van der Waals surface area contributed by atoms with Gasteiger partial charge in [-0.3, -0.25) is 0 Å². The van der Waals surface area contributed by atoms with E-state index in [1.807, 2.05) is 0 Å². The highest BCUT2D eigenvalue weighted by molar-refractivity contribution is 5.54. The molecule has 0 heterocycles. The minimum absolute atomic E-state index is 0. The van der Waals surface area contributed by atoms with Gasteiger partial charge in [0.2, 0.25) is 0 Å². The van der Waals surface area contributed by atoms with Crippen LogP contribution in [0.15, 0.2) is 103 Å². The maximum absolute atomic E-state index is 6.54. The molecular weight excluding hydrogens is 436 g/mol. The van der Waals surface area contributed by atoms with Crippen LogP contribution in [0.2, 0.25) is 0 Å². The smallest absolute Gasteiger partial charge is 0.126 e. The molecule has 190 valence electrons. The number of benzene rings is 4. The predicted molar refractivity (Wildman–Crippen MR) is 158 cm³/mol. The molecule has 36 heavy (non-hydrogen) atoms. The van der Waals surface area contributed by atoms with Crippen molar-refractivity contribution in [2.45, 2.75) is 66.7 Å². The third-order valence-corrected chi connectivity index (χ3v) is 6.95. The van der Waals surface area contributed by atoms with Crippen LogP contribution >= 0.6 is 0 Å². The molecule has 3 atom stereocenters. The summed E-state index contributed by atoms with van der Waals surface area (Å²) < 4.78 is 6.54. The van der Waals surface area contributed by atoms with Gasteiger partial charge in [0, 0.05) is 28.9 Å². The molecule has 0 aromatic heterocycles. The van der Waals surface area contributed by atoms with E-state index in [1.54, 1.807) is 0 Å². The summed E-state index contributed by atoms with van der Waals surface area (Å²) in [6, 6.07) is 37.2. The van der Waals surface area contributed by atoms with Crippen LogP contribution in [0, 0.1) is 0 Å². The molecule has 0 bridgehead atoms. The van der Waals surface area contributed by atoms with Gasteiger partial charge in [-0.2, -0.15) is 0 Å². The average molecular weight is 481 g/mol. The highest BCUT2D eigenvalue weighted by Gasteiger charge is 2.24. The van der Waals surface area contributed by atoms with Crippen LogP contribution < -0.4 is 4.74 Å². The van der Waals surface area contributed by atoms with Crippen molar-refractivity contribution < 1.29 is 4.74 Å². The van der Waals surface area contributed by atoms with Crippen LogP contribution in [0.25, 0.3) is 0 Å². The zero-order valence-corrected chi connectivity index (χ0v) is 20.9. The molecule has 4 aromatic rings. The van der Waals surface area contributed by atoms with Crippen LogP contribution in [0.1, 0.15) is 100 Å². The second-order valence-electron chi connectivity index (χ2n) is 9.27. The lowest BCUT2D eigenvalue weighted by Crippen LogP contribution is -2.11. The molecule has 0 saturated carbocycles. The molecule has 4 aromatic carbocycles. The Morgan fingerprint density at radius 2 is 0.889 bits per heavy atom. The molecule has 0 fully saturated rings. The molecule has 0 aliphatic carbocycles. The molecule has 3 unspecified atom stereocenters. The summed E-state index contributed by atoms with van der Waals surface area (Å²) in [5, 5.41) is 0. The van der Waals surface area contributed by atoms with Crippen LogP contribution in [0.3, 0.4) is 0 Å². The molecule has 0 aliphatic heterocycles. The molecule has 0 saturated heterocycles. The lowest BCUT2D eigenvalue weighted by atomic mass is 9.81. The van der Waals surface area contributed by atoms with E-state index >= 15 is 0 Å². The molecule has 0 spiro atoms. The van der Waals surface area contributed by atoms with Gasteiger partial charge in [-0.1, -0.05) is 146 Å². The molecule has 4 rings (SSSR count). The van der Waals surface area contributed by atoms with Crippen molar-refractivity contribution in [3.63, 3.8) is 0 Å². The van der Waals surface area contributed by atoms with Crippen molar-refractivity contribution in [3.8, 4) is 5.75 Å². The van der Waals surface area contributed by atoms with Gasteiger partial charge >= 0.3 is 0 Å². The molecule has 1 heteroatoms. The Balaban J connectivity index is 0.00000228. The van der Waals surface area contributed by atoms with Crippen LogP contribution in [0.4, 0.5) is 0 Å². The SMILES string of the molecule is C.C.CCCOc1c(C(C)c2ccccc2)cc(C(C)c2ccccc2)cc1C(C)c1ccccc1. The van der Waals surface area contributed by atoms with E-state index in [4.69, 9.17) is 4.74 Å². The van der Waals surface area contributed by atoms with Crippen molar-refractivity contribution in [2.24, 2.45) is 0 Å². The zero-order valence-electron chi connectivity index (χ0n) is 20.9. The van der Waals surface area contributed by atoms with Crippen LogP contribution in [-0.2, 0) is 0 Å². The monoisotopic (exact) mass is 480 g/mol. The molecule has 0 amide bonds. The lowest BCUT2D eigenvalue weighted by Gasteiger charge is -2.26. The highest BCUT2D eigenvalue weighted by Crippen LogP contribution is 2.42. The normalized spacial score (nSPS) is 13.0. The Labute approximate surface area is 220 Å². The topological polar surface area (TPSA) is 9.23 Å². The van der Waals surface area contributed by atoms with E-state index < -0.39 is 0 Å². The van der Waals surface area contributed by atoms with Gasteiger partial charge in [0.15, 0.2) is 0 Å². The summed E-state index contributed by atoms with van der Waals surface area (Å²) in [6.07, 6.45) is 0.987. The van der Waals surface area contributed by atoms with Gasteiger partial charge in [-0.05, 0) is 28.7 Å². The number of ether oxygens (including phenoxy) is 1. The first kappa shape index (κ1) is 28.9. The van der Waals surface area contributed by atoms with E-state index in [1.165, 1.54) is 33.4 Å². The minimum atomic E-state index is 0. The van der Waals surface area contributed by atoms with Gasteiger partial charge in [0.25, 0.3) is 0 Å². The molecule has 0 N–H and O–H groups in total. The van der Waals surface area contributed by atoms with E-state index in [0.717, 1.165) is 18.8 Å². The second kappa shape index (κ2) is 13.7. The first-order chi connectivity index (χ1) is 16.6. The fourth-order valence-electron chi connectivity index (χ4n) is 4.74. The van der Waals surface area contributed by atoms with Crippen LogP contribution in [-0.4, -0.2) is 6.61 Å². The fraction of sp³-hybridized carbons (Fsp3) is 0.314. The van der Waals surface area contributed by atoms with Gasteiger partial charge in [0.05, 0.1) is 6.61 Å². The highest BCUT2D eigenvalue weighted by atomic mass is 16.5. The van der Waals surface area contributed by atoms with Crippen molar-refractivity contribution in [1.29, 1.82) is 0 Å². The molecular formula is C35H44O. The minimum Gasteiger partial charge on any atom is -0.493 e. The standard InChI is InChI=1S/C33H36O.2CH4/c1-5-21-34-33-31(25(3)28-17-11-7-12-18-28)22-30(24(2)27-15-9-6-10-16-27)23-32(33)26(4)29-19-13-8-14-20-29;;/h6-20,22-26H,5,21H2,1-4H3;2*1H4. The van der Waals surface area contributed by atoms with E-state index in [-0.39, 0.29) is 26.7 Å². The van der Waals surface area contributed by atoms with Crippen LogP contribution in [0.5, 0.6) is 5.75 Å². The molecule has 1 nitrogen and oxygen atoms in total. The Morgan fingerprint density at radius 3 is 1.25 bits per heavy atom. The summed E-state index contributed by atoms with van der Waals surface area (Å²) in [7, 11) is 0. The Kier molecular flexibility index (Phi) is 11.0. The molecule has 0 aliphatic rings.